The summed E-state index contributed by atoms with van der Waals surface area (Å²) in [7, 11) is 0. The summed E-state index contributed by atoms with van der Waals surface area (Å²) < 4.78 is 1.77. The lowest BCUT2D eigenvalue weighted by molar-refractivity contribution is -0.123. The van der Waals surface area contributed by atoms with Crippen LogP contribution in [0.5, 0.6) is 0 Å². The molecule has 1 aromatic heterocycles. The quantitative estimate of drug-likeness (QED) is 0.783. The number of rotatable bonds is 6. The van der Waals surface area contributed by atoms with Gasteiger partial charge in [-0.25, -0.2) is 0 Å². The Labute approximate surface area is 170 Å². The topological polar surface area (TPSA) is 103 Å². The van der Waals surface area contributed by atoms with E-state index in [-0.39, 0.29) is 23.8 Å². The number of piperidine rings is 1. The van der Waals surface area contributed by atoms with E-state index in [1.165, 1.54) is 0 Å². The number of hydrogen-bond donors (Lipinski definition) is 2. The molecule has 1 atom stereocenters. The lowest BCUT2D eigenvalue weighted by Crippen LogP contribution is -2.47. The normalized spacial score (nSPS) is 16.0. The number of amides is 2. The molecule has 0 radical (unpaired) electrons. The van der Waals surface area contributed by atoms with Crippen LogP contribution in [0.2, 0.25) is 0 Å². The molecule has 8 nitrogen and oxygen atoms in total. The Bertz CT molecular complexity index is 908. The Hall–Kier alpha value is -3.18. The van der Waals surface area contributed by atoms with Gasteiger partial charge >= 0.3 is 0 Å². The van der Waals surface area contributed by atoms with Gasteiger partial charge in [0.2, 0.25) is 11.8 Å². The highest BCUT2D eigenvalue weighted by Crippen LogP contribution is 2.22. The Morgan fingerprint density at radius 2 is 2.00 bits per heavy atom. The van der Waals surface area contributed by atoms with Crippen molar-refractivity contribution in [3.8, 4) is 6.07 Å². The van der Waals surface area contributed by atoms with Gasteiger partial charge < -0.3 is 10.6 Å². The average Bonchev–Trinajstić information content (AvgIpc) is 3.21. The lowest BCUT2D eigenvalue weighted by Gasteiger charge is -2.34. The van der Waals surface area contributed by atoms with Crippen molar-refractivity contribution in [2.24, 2.45) is 5.92 Å². The Kier molecular flexibility index (Phi) is 6.62. The molecule has 3 rings (SSSR count). The molecule has 152 valence electrons. The highest BCUT2D eigenvalue weighted by Gasteiger charge is 2.30. The second-order valence-corrected chi connectivity index (χ2v) is 7.21. The molecular weight excluding hydrogens is 368 g/mol. The van der Waals surface area contributed by atoms with Gasteiger partial charge in [0.1, 0.15) is 6.07 Å². The van der Waals surface area contributed by atoms with Gasteiger partial charge in [-0.3, -0.25) is 19.2 Å². The minimum atomic E-state index is -0.339. The third-order valence-corrected chi connectivity index (χ3v) is 5.36. The van der Waals surface area contributed by atoms with Crippen molar-refractivity contribution in [1.29, 1.82) is 5.26 Å². The first-order chi connectivity index (χ1) is 14.0. The van der Waals surface area contributed by atoms with E-state index in [0.29, 0.717) is 42.9 Å². The number of para-hydroxylation sites is 1. The van der Waals surface area contributed by atoms with E-state index < -0.39 is 0 Å². The highest BCUT2D eigenvalue weighted by molar-refractivity contribution is 5.96. The van der Waals surface area contributed by atoms with Gasteiger partial charge in [0.25, 0.3) is 0 Å². The minimum absolute atomic E-state index is 0.000329. The van der Waals surface area contributed by atoms with Crippen molar-refractivity contribution in [2.45, 2.75) is 39.3 Å². The van der Waals surface area contributed by atoms with E-state index in [9.17, 15) is 9.59 Å². The van der Waals surface area contributed by atoms with Gasteiger partial charge in [-0.15, -0.1) is 0 Å². The predicted octanol–water partition coefficient (Wildman–Crippen LogP) is 2.45. The molecule has 1 fully saturated rings. The number of carbonyl (C=O) groups is 2. The SMILES string of the molecule is CCn1cc(NC(=O)C2CCN(C(C)C(=O)Nc3ccccc3C#N)CC2)cn1. The average molecular weight is 394 g/mol. The first kappa shape index (κ1) is 20.6. The second kappa shape index (κ2) is 9.34. The molecule has 29 heavy (non-hydrogen) atoms. The zero-order valence-electron chi connectivity index (χ0n) is 16.8. The summed E-state index contributed by atoms with van der Waals surface area (Å²) in [6.07, 6.45) is 4.86. The van der Waals surface area contributed by atoms with Gasteiger partial charge in [0.15, 0.2) is 0 Å². The molecule has 2 amide bonds. The summed E-state index contributed by atoms with van der Waals surface area (Å²) in [6, 6.07) is 8.69. The van der Waals surface area contributed by atoms with Crippen molar-refractivity contribution in [3.05, 3.63) is 42.2 Å². The van der Waals surface area contributed by atoms with Gasteiger partial charge in [-0.05, 0) is 51.9 Å². The van der Waals surface area contributed by atoms with Crippen LogP contribution < -0.4 is 10.6 Å². The molecule has 0 spiro atoms. The molecule has 2 heterocycles. The number of nitrogens with zero attached hydrogens (tertiary/aromatic N) is 4. The van der Waals surface area contributed by atoms with Crippen LogP contribution in [0.3, 0.4) is 0 Å². The number of aryl methyl sites for hydroxylation is 1. The van der Waals surface area contributed by atoms with Crippen LogP contribution >= 0.6 is 0 Å². The third kappa shape index (κ3) is 5.00. The maximum absolute atomic E-state index is 12.6. The summed E-state index contributed by atoms with van der Waals surface area (Å²) in [6.45, 7) is 5.93. The molecule has 1 unspecified atom stereocenters. The van der Waals surface area contributed by atoms with Crippen LogP contribution in [0.15, 0.2) is 36.7 Å². The standard InChI is InChI=1S/C21H26N6O2/c1-3-27-14-18(13-23-27)24-21(29)16-8-10-26(11-9-16)15(2)20(28)25-19-7-5-4-6-17(19)12-22/h4-7,13-16H,3,8-11H2,1-2H3,(H,24,29)(H,25,28). The maximum Gasteiger partial charge on any atom is 0.241 e. The van der Waals surface area contributed by atoms with E-state index in [1.807, 2.05) is 20.0 Å². The second-order valence-electron chi connectivity index (χ2n) is 7.21. The molecule has 0 aliphatic carbocycles. The Morgan fingerprint density at radius 1 is 1.28 bits per heavy atom. The fraction of sp³-hybridized carbons (Fsp3) is 0.429. The number of likely N-dealkylation sites (tertiary alicyclic amines) is 1. The number of nitriles is 1. The van der Waals surface area contributed by atoms with Crippen molar-refractivity contribution >= 4 is 23.2 Å². The number of benzene rings is 1. The van der Waals surface area contributed by atoms with Crippen LogP contribution in [0, 0.1) is 17.2 Å². The number of aromatic nitrogens is 2. The molecule has 1 saturated heterocycles. The highest BCUT2D eigenvalue weighted by atomic mass is 16.2. The smallest absolute Gasteiger partial charge is 0.241 e. The predicted molar refractivity (Wildman–Crippen MR) is 110 cm³/mol. The zero-order chi connectivity index (χ0) is 20.8. The first-order valence-electron chi connectivity index (χ1n) is 9.89. The fourth-order valence-electron chi connectivity index (χ4n) is 3.49. The van der Waals surface area contributed by atoms with E-state index in [1.54, 1.807) is 35.1 Å². The Morgan fingerprint density at radius 3 is 2.66 bits per heavy atom. The van der Waals surface area contributed by atoms with Crippen molar-refractivity contribution in [1.82, 2.24) is 14.7 Å². The van der Waals surface area contributed by atoms with Crippen molar-refractivity contribution < 1.29 is 9.59 Å². The molecule has 0 saturated carbocycles. The van der Waals surface area contributed by atoms with Crippen LogP contribution in [0.4, 0.5) is 11.4 Å². The van der Waals surface area contributed by atoms with Crippen molar-refractivity contribution in [3.63, 3.8) is 0 Å². The van der Waals surface area contributed by atoms with Crippen LogP contribution in [-0.4, -0.2) is 45.6 Å². The van der Waals surface area contributed by atoms with E-state index in [4.69, 9.17) is 5.26 Å². The number of anilines is 2. The first-order valence-corrected chi connectivity index (χ1v) is 9.89. The van der Waals surface area contributed by atoms with Gasteiger partial charge in [-0.1, -0.05) is 12.1 Å². The lowest BCUT2D eigenvalue weighted by atomic mass is 9.95. The summed E-state index contributed by atoms with van der Waals surface area (Å²) in [5.74, 6) is -0.228. The molecule has 2 N–H and O–H groups in total. The summed E-state index contributed by atoms with van der Waals surface area (Å²) in [5.41, 5.74) is 1.67. The van der Waals surface area contributed by atoms with E-state index >= 15 is 0 Å². The molecule has 2 aromatic rings. The molecule has 1 aromatic carbocycles. The van der Waals surface area contributed by atoms with Crippen LogP contribution in [-0.2, 0) is 16.1 Å². The minimum Gasteiger partial charge on any atom is -0.324 e. The number of nitrogens with one attached hydrogen (secondary N) is 2. The summed E-state index contributed by atoms with van der Waals surface area (Å²) >= 11 is 0. The van der Waals surface area contributed by atoms with Crippen molar-refractivity contribution in [2.75, 3.05) is 23.7 Å². The zero-order valence-corrected chi connectivity index (χ0v) is 16.8. The Balaban J connectivity index is 1.51. The molecule has 0 bridgehead atoms. The van der Waals surface area contributed by atoms with Crippen LogP contribution in [0.25, 0.3) is 0 Å². The van der Waals surface area contributed by atoms with Crippen LogP contribution in [0.1, 0.15) is 32.3 Å². The molecular formula is C21H26N6O2. The summed E-state index contributed by atoms with van der Waals surface area (Å²) in [4.78, 5) is 27.2. The fourth-order valence-corrected chi connectivity index (χ4v) is 3.49. The monoisotopic (exact) mass is 394 g/mol. The maximum atomic E-state index is 12.6. The van der Waals surface area contributed by atoms with Gasteiger partial charge in [0.05, 0.1) is 29.2 Å². The molecule has 8 heteroatoms. The molecule has 1 aliphatic rings. The third-order valence-electron chi connectivity index (χ3n) is 5.36. The number of carbonyl (C=O) groups excluding carboxylic acids is 2. The van der Waals surface area contributed by atoms with E-state index in [0.717, 1.165) is 6.54 Å². The van der Waals surface area contributed by atoms with E-state index in [2.05, 4.69) is 26.7 Å². The number of hydrogen-bond acceptors (Lipinski definition) is 5. The largest absolute Gasteiger partial charge is 0.324 e. The van der Waals surface area contributed by atoms with Gasteiger partial charge in [-0.2, -0.15) is 10.4 Å². The molecule has 1 aliphatic heterocycles. The summed E-state index contributed by atoms with van der Waals surface area (Å²) in [5, 5.41) is 19.1. The van der Waals surface area contributed by atoms with Gasteiger partial charge in [0, 0.05) is 18.7 Å².